The van der Waals surface area contributed by atoms with Gasteiger partial charge in [-0.2, -0.15) is 5.10 Å². The Balaban J connectivity index is 3.36. The van der Waals surface area contributed by atoms with E-state index in [0.29, 0.717) is 5.69 Å². The Hall–Kier alpha value is -0.880. The van der Waals surface area contributed by atoms with Gasteiger partial charge in [0.1, 0.15) is 4.90 Å². The van der Waals surface area contributed by atoms with Crippen molar-refractivity contribution in [2.24, 2.45) is 12.2 Å². The van der Waals surface area contributed by atoms with E-state index in [1.54, 1.807) is 14.0 Å². The fraction of sp³-hybridized carbons (Fsp3) is 0.400. The van der Waals surface area contributed by atoms with Gasteiger partial charge in [-0.05, 0) is 6.92 Å². The minimum Gasteiger partial charge on any atom is -0.274 e. The summed E-state index contributed by atoms with van der Waals surface area (Å²) in [5.41, 5.74) is 0.426. The van der Waals surface area contributed by atoms with Gasteiger partial charge >= 0.3 is 0 Å². The standard InChI is InChI=1S/C5H9N3O2S/c1-4-5(11(6,9)10)3-8(2)7-4/h3H,1-2H3,(H2,6,9,10). The maximum Gasteiger partial charge on any atom is 0.241 e. The average molecular weight is 175 g/mol. The molecule has 0 radical (unpaired) electrons. The lowest BCUT2D eigenvalue weighted by atomic mass is 10.5. The molecule has 0 spiro atoms. The first-order valence-corrected chi connectivity index (χ1v) is 4.49. The first kappa shape index (κ1) is 8.22. The van der Waals surface area contributed by atoms with Crippen LogP contribution in [0, 0.1) is 6.92 Å². The number of aromatic nitrogens is 2. The molecule has 0 saturated heterocycles. The van der Waals surface area contributed by atoms with Crippen LogP contribution in [0.5, 0.6) is 0 Å². The van der Waals surface area contributed by atoms with Gasteiger partial charge < -0.3 is 0 Å². The van der Waals surface area contributed by atoms with Crippen LogP contribution in [-0.4, -0.2) is 18.2 Å². The predicted molar refractivity (Wildman–Crippen MR) is 39.3 cm³/mol. The van der Waals surface area contributed by atoms with Gasteiger partial charge in [-0.3, -0.25) is 4.68 Å². The first-order valence-electron chi connectivity index (χ1n) is 2.94. The van der Waals surface area contributed by atoms with Crippen molar-refractivity contribution in [2.75, 3.05) is 0 Å². The number of hydrogen-bond acceptors (Lipinski definition) is 3. The largest absolute Gasteiger partial charge is 0.274 e. The van der Waals surface area contributed by atoms with E-state index in [2.05, 4.69) is 5.10 Å². The molecular weight excluding hydrogens is 166 g/mol. The molecule has 6 heteroatoms. The Labute approximate surface area is 64.9 Å². The Morgan fingerprint density at radius 3 is 2.36 bits per heavy atom. The lowest BCUT2D eigenvalue weighted by Crippen LogP contribution is -2.12. The molecule has 0 bridgehead atoms. The summed E-state index contributed by atoms with van der Waals surface area (Å²) >= 11 is 0. The smallest absolute Gasteiger partial charge is 0.241 e. The van der Waals surface area contributed by atoms with Crippen molar-refractivity contribution in [3.63, 3.8) is 0 Å². The zero-order valence-corrected chi connectivity index (χ0v) is 7.09. The molecule has 1 rings (SSSR count). The van der Waals surface area contributed by atoms with Crippen LogP contribution in [0.15, 0.2) is 11.1 Å². The molecule has 2 N–H and O–H groups in total. The third kappa shape index (κ3) is 1.58. The topological polar surface area (TPSA) is 78.0 Å². The lowest BCUT2D eigenvalue weighted by molar-refractivity contribution is 0.597. The Bertz CT molecular complexity index is 365. The monoisotopic (exact) mass is 175 g/mol. The fourth-order valence-electron chi connectivity index (χ4n) is 0.857. The zero-order chi connectivity index (χ0) is 8.65. The maximum absolute atomic E-state index is 10.8. The van der Waals surface area contributed by atoms with Crippen LogP contribution in [-0.2, 0) is 17.1 Å². The summed E-state index contributed by atoms with van der Waals surface area (Å²) in [6, 6.07) is 0. The first-order chi connectivity index (χ1) is 4.91. The summed E-state index contributed by atoms with van der Waals surface area (Å²) in [7, 11) is -1.96. The van der Waals surface area contributed by atoms with Crippen molar-refractivity contribution >= 4 is 10.0 Å². The summed E-state index contributed by atoms with van der Waals surface area (Å²) in [5, 5.41) is 8.72. The maximum atomic E-state index is 10.8. The van der Waals surface area contributed by atoms with Gasteiger partial charge in [0.2, 0.25) is 10.0 Å². The Morgan fingerprint density at radius 2 is 2.18 bits per heavy atom. The summed E-state index contributed by atoms with van der Waals surface area (Å²) < 4.78 is 23.0. The van der Waals surface area contributed by atoms with Gasteiger partial charge in [-0.15, -0.1) is 0 Å². The van der Waals surface area contributed by atoms with Gasteiger partial charge in [0.15, 0.2) is 0 Å². The Kier molecular flexibility index (Phi) is 1.73. The van der Waals surface area contributed by atoms with Gasteiger partial charge in [0.25, 0.3) is 0 Å². The van der Waals surface area contributed by atoms with Crippen LogP contribution in [0.1, 0.15) is 5.69 Å². The summed E-state index contributed by atoms with van der Waals surface area (Å²) in [5.74, 6) is 0. The fourth-order valence-corrected chi connectivity index (χ4v) is 1.61. The lowest BCUT2D eigenvalue weighted by Gasteiger charge is -1.90. The van der Waals surface area contributed by atoms with E-state index in [0.717, 1.165) is 0 Å². The van der Waals surface area contributed by atoms with Crippen molar-refractivity contribution in [3.05, 3.63) is 11.9 Å². The van der Waals surface area contributed by atoms with Crippen LogP contribution < -0.4 is 5.14 Å². The van der Waals surface area contributed by atoms with Crippen LogP contribution in [0.4, 0.5) is 0 Å². The van der Waals surface area contributed by atoms with Crippen LogP contribution in [0.2, 0.25) is 0 Å². The van der Waals surface area contributed by atoms with Crippen molar-refractivity contribution in [2.45, 2.75) is 11.8 Å². The molecule has 0 fully saturated rings. The SMILES string of the molecule is Cc1nn(C)cc1S(N)(=O)=O. The molecule has 1 heterocycles. The summed E-state index contributed by atoms with van der Waals surface area (Å²) in [6.45, 7) is 1.60. The molecule has 1 aromatic rings. The number of hydrogen-bond donors (Lipinski definition) is 1. The number of primary sulfonamides is 1. The highest BCUT2D eigenvalue weighted by Gasteiger charge is 2.13. The van der Waals surface area contributed by atoms with E-state index in [4.69, 9.17) is 5.14 Å². The average Bonchev–Trinajstić information content (AvgIpc) is 2.08. The van der Waals surface area contributed by atoms with Gasteiger partial charge in [-0.25, -0.2) is 13.6 Å². The van der Waals surface area contributed by atoms with Crippen LogP contribution in [0.3, 0.4) is 0 Å². The highest BCUT2D eigenvalue weighted by atomic mass is 32.2. The van der Waals surface area contributed by atoms with Crippen molar-refractivity contribution in [1.29, 1.82) is 0 Å². The second-order valence-electron chi connectivity index (χ2n) is 2.30. The van der Waals surface area contributed by atoms with E-state index < -0.39 is 10.0 Å². The van der Waals surface area contributed by atoms with Gasteiger partial charge in [0, 0.05) is 13.2 Å². The van der Waals surface area contributed by atoms with Crippen molar-refractivity contribution in [1.82, 2.24) is 9.78 Å². The van der Waals surface area contributed by atoms with Gasteiger partial charge in [-0.1, -0.05) is 0 Å². The molecule has 0 amide bonds. The molecule has 0 aliphatic heterocycles. The number of rotatable bonds is 1. The zero-order valence-electron chi connectivity index (χ0n) is 6.27. The number of nitrogens with zero attached hydrogens (tertiary/aromatic N) is 2. The second kappa shape index (κ2) is 2.31. The number of nitrogens with two attached hydrogens (primary N) is 1. The minimum atomic E-state index is -3.60. The Morgan fingerprint density at radius 1 is 1.64 bits per heavy atom. The van der Waals surface area contributed by atoms with Gasteiger partial charge in [0.05, 0.1) is 5.69 Å². The molecule has 5 nitrogen and oxygen atoms in total. The van der Waals surface area contributed by atoms with Crippen LogP contribution in [0.25, 0.3) is 0 Å². The summed E-state index contributed by atoms with van der Waals surface area (Å²) in [6.07, 6.45) is 1.38. The molecule has 0 aromatic carbocycles. The highest BCUT2D eigenvalue weighted by molar-refractivity contribution is 7.89. The third-order valence-electron chi connectivity index (χ3n) is 1.27. The quantitative estimate of drug-likeness (QED) is 0.617. The van der Waals surface area contributed by atoms with E-state index in [9.17, 15) is 8.42 Å². The molecule has 0 atom stereocenters. The van der Waals surface area contributed by atoms with Crippen LogP contribution >= 0.6 is 0 Å². The minimum absolute atomic E-state index is 0.0833. The molecule has 11 heavy (non-hydrogen) atoms. The number of aryl methyl sites for hydroxylation is 2. The predicted octanol–water partition coefficient (Wildman–Crippen LogP) is -0.624. The van der Waals surface area contributed by atoms with Crippen molar-refractivity contribution < 1.29 is 8.42 Å². The normalized spacial score (nSPS) is 11.9. The molecule has 1 aromatic heterocycles. The van der Waals surface area contributed by atoms with E-state index in [-0.39, 0.29) is 4.90 Å². The van der Waals surface area contributed by atoms with E-state index in [1.165, 1.54) is 10.9 Å². The molecular formula is C5H9N3O2S. The molecule has 0 aliphatic carbocycles. The van der Waals surface area contributed by atoms with E-state index >= 15 is 0 Å². The number of sulfonamides is 1. The molecule has 0 unspecified atom stereocenters. The second-order valence-corrected chi connectivity index (χ2v) is 3.83. The van der Waals surface area contributed by atoms with Crippen molar-refractivity contribution in [3.8, 4) is 0 Å². The van der Waals surface area contributed by atoms with E-state index in [1.807, 2.05) is 0 Å². The molecule has 62 valence electrons. The molecule has 0 aliphatic rings. The molecule has 0 saturated carbocycles. The summed E-state index contributed by atoms with van der Waals surface area (Å²) in [4.78, 5) is 0.0833. The highest BCUT2D eigenvalue weighted by Crippen LogP contribution is 2.09. The third-order valence-corrected chi connectivity index (χ3v) is 2.29.